The molecule has 1 saturated heterocycles. The molecule has 0 bridgehead atoms. The van der Waals surface area contributed by atoms with E-state index in [0.717, 1.165) is 0 Å². The fraction of sp³-hybridized carbons (Fsp3) is 0.409. The van der Waals surface area contributed by atoms with Gasteiger partial charge in [-0.05, 0) is 49.7 Å². The van der Waals surface area contributed by atoms with Crippen LogP contribution >= 0.6 is 0 Å². The molecule has 0 radical (unpaired) electrons. The van der Waals surface area contributed by atoms with Crippen LogP contribution in [0.4, 0.5) is 0 Å². The Hall–Kier alpha value is -2.31. The number of carbonyl (C=O) groups is 1. The summed E-state index contributed by atoms with van der Waals surface area (Å²) in [6, 6.07) is 10.4. The van der Waals surface area contributed by atoms with Gasteiger partial charge >= 0.3 is 0 Å². The molecule has 0 N–H and O–H groups in total. The van der Waals surface area contributed by atoms with E-state index in [0.29, 0.717) is 30.1 Å². The highest BCUT2D eigenvalue weighted by Crippen LogP contribution is 2.26. The second kappa shape index (κ2) is 10.3. The van der Waals surface area contributed by atoms with Gasteiger partial charge in [-0.15, -0.1) is 0 Å². The molecule has 9 nitrogen and oxygen atoms in total. The first-order valence-electron chi connectivity index (χ1n) is 10.4. The standard InChI is InChI=1S/C22H28N2O7S2/c1-17-16-21(8-9-22(17)31-15-14-30-3)33(28,29)24-12-10-23(11-13-24)32(26,27)20-6-4-19(5-7-20)18(2)25/h4-9,16H,10-15H2,1-3H3. The number of sulfonamides is 2. The van der Waals surface area contributed by atoms with E-state index in [-0.39, 0.29) is 41.8 Å². The molecule has 3 rings (SSSR count). The molecule has 0 aliphatic carbocycles. The van der Waals surface area contributed by atoms with E-state index >= 15 is 0 Å². The van der Waals surface area contributed by atoms with Crippen LogP contribution in [-0.4, -0.2) is 77.7 Å². The Morgan fingerprint density at radius 3 is 1.85 bits per heavy atom. The molecule has 33 heavy (non-hydrogen) atoms. The number of Topliss-reactive ketones (excluding diaryl/α,β-unsaturated/α-hetero) is 1. The Bertz CT molecular complexity index is 1200. The second-order valence-corrected chi connectivity index (χ2v) is 11.5. The van der Waals surface area contributed by atoms with Crippen LogP contribution in [-0.2, 0) is 24.8 Å². The fourth-order valence-corrected chi connectivity index (χ4v) is 6.42. The summed E-state index contributed by atoms with van der Waals surface area (Å²) in [7, 11) is -6.00. The molecule has 0 amide bonds. The van der Waals surface area contributed by atoms with Crippen LogP contribution < -0.4 is 4.74 Å². The van der Waals surface area contributed by atoms with Gasteiger partial charge in [0, 0.05) is 38.9 Å². The molecular weight excluding hydrogens is 468 g/mol. The van der Waals surface area contributed by atoms with Gasteiger partial charge in [-0.2, -0.15) is 8.61 Å². The van der Waals surface area contributed by atoms with Crippen LogP contribution in [0.5, 0.6) is 5.75 Å². The van der Waals surface area contributed by atoms with Gasteiger partial charge in [-0.1, -0.05) is 12.1 Å². The number of aryl methyl sites for hydroxylation is 1. The Labute approximate surface area is 195 Å². The summed E-state index contributed by atoms with van der Waals surface area (Å²) in [6.45, 7) is 4.11. The lowest BCUT2D eigenvalue weighted by molar-refractivity contribution is 0.101. The number of nitrogens with zero attached hydrogens (tertiary/aromatic N) is 2. The van der Waals surface area contributed by atoms with Crippen molar-refractivity contribution in [1.82, 2.24) is 8.61 Å². The first-order valence-corrected chi connectivity index (χ1v) is 13.3. The SMILES string of the molecule is COCCOc1ccc(S(=O)(=O)N2CCN(S(=O)(=O)c3ccc(C(C)=O)cc3)CC2)cc1C. The highest BCUT2D eigenvalue weighted by Gasteiger charge is 2.34. The Morgan fingerprint density at radius 2 is 1.36 bits per heavy atom. The summed E-state index contributed by atoms with van der Waals surface area (Å²) < 4.78 is 65.2. The molecule has 1 heterocycles. The van der Waals surface area contributed by atoms with Crippen molar-refractivity contribution in [2.45, 2.75) is 23.6 Å². The number of hydrogen-bond donors (Lipinski definition) is 0. The van der Waals surface area contributed by atoms with E-state index in [9.17, 15) is 21.6 Å². The van der Waals surface area contributed by atoms with Gasteiger partial charge in [0.2, 0.25) is 20.0 Å². The molecule has 0 aromatic heterocycles. The highest BCUT2D eigenvalue weighted by atomic mass is 32.2. The predicted octanol–water partition coefficient (Wildman–Crippen LogP) is 1.92. The van der Waals surface area contributed by atoms with Crippen molar-refractivity contribution < 1.29 is 31.1 Å². The maximum atomic E-state index is 13.1. The summed E-state index contributed by atoms with van der Waals surface area (Å²) >= 11 is 0. The molecule has 2 aromatic carbocycles. The van der Waals surface area contributed by atoms with Crippen molar-refractivity contribution in [2.75, 3.05) is 46.5 Å². The number of carbonyl (C=O) groups excluding carboxylic acids is 1. The Morgan fingerprint density at radius 1 is 0.848 bits per heavy atom. The summed E-state index contributed by atoms with van der Waals surface area (Å²) in [5.74, 6) is 0.431. The molecule has 11 heteroatoms. The van der Waals surface area contributed by atoms with Gasteiger partial charge in [0.1, 0.15) is 12.4 Å². The lowest BCUT2D eigenvalue weighted by atomic mass is 10.2. The number of ether oxygens (including phenoxy) is 2. The van der Waals surface area contributed by atoms with E-state index < -0.39 is 20.0 Å². The van der Waals surface area contributed by atoms with Gasteiger partial charge in [0.25, 0.3) is 0 Å². The lowest BCUT2D eigenvalue weighted by Gasteiger charge is -2.33. The molecule has 0 spiro atoms. The molecule has 1 aliphatic rings. The number of benzene rings is 2. The van der Waals surface area contributed by atoms with Crippen molar-refractivity contribution in [3.63, 3.8) is 0 Å². The largest absolute Gasteiger partial charge is 0.491 e. The van der Waals surface area contributed by atoms with Gasteiger partial charge in [-0.3, -0.25) is 4.79 Å². The zero-order chi connectivity index (χ0) is 24.2. The first kappa shape index (κ1) is 25.3. The van der Waals surface area contributed by atoms with Crippen LogP contribution in [0.3, 0.4) is 0 Å². The van der Waals surface area contributed by atoms with Crippen LogP contribution in [0, 0.1) is 6.92 Å². The average molecular weight is 497 g/mol. The maximum Gasteiger partial charge on any atom is 0.243 e. The number of rotatable bonds is 9. The van der Waals surface area contributed by atoms with Crippen molar-refractivity contribution in [3.05, 3.63) is 53.6 Å². The molecule has 1 aliphatic heterocycles. The monoisotopic (exact) mass is 496 g/mol. The van der Waals surface area contributed by atoms with E-state index in [1.54, 1.807) is 26.2 Å². The predicted molar refractivity (Wildman–Crippen MR) is 123 cm³/mol. The molecule has 0 atom stereocenters. The summed E-state index contributed by atoms with van der Waals surface area (Å²) in [4.78, 5) is 11.6. The smallest absolute Gasteiger partial charge is 0.243 e. The molecule has 1 fully saturated rings. The zero-order valence-electron chi connectivity index (χ0n) is 18.9. The van der Waals surface area contributed by atoms with Gasteiger partial charge < -0.3 is 9.47 Å². The van der Waals surface area contributed by atoms with E-state index in [4.69, 9.17) is 9.47 Å². The molecule has 0 unspecified atom stereocenters. The van der Waals surface area contributed by atoms with Crippen molar-refractivity contribution in [3.8, 4) is 5.75 Å². The second-order valence-electron chi connectivity index (χ2n) is 7.66. The van der Waals surface area contributed by atoms with Crippen LogP contribution in [0.1, 0.15) is 22.8 Å². The number of methoxy groups -OCH3 is 1. The normalized spacial score (nSPS) is 16.0. The van der Waals surface area contributed by atoms with Gasteiger partial charge in [0.05, 0.1) is 16.4 Å². The summed E-state index contributed by atoms with van der Waals surface area (Å²) in [5.41, 5.74) is 1.11. The van der Waals surface area contributed by atoms with E-state index in [2.05, 4.69) is 0 Å². The summed E-state index contributed by atoms with van der Waals surface area (Å²) in [6.07, 6.45) is 0. The highest BCUT2D eigenvalue weighted by molar-refractivity contribution is 7.89. The third kappa shape index (κ3) is 5.61. The van der Waals surface area contributed by atoms with Gasteiger partial charge in [-0.25, -0.2) is 16.8 Å². The fourth-order valence-electron chi connectivity index (χ4n) is 3.49. The van der Waals surface area contributed by atoms with Crippen molar-refractivity contribution >= 4 is 25.8 Å². The number of ketones is 1. The number of piperazine rings is 1. The van der Waals surface area contributed by atoms with E-state index in [1.165, 1.54) is 45.9 Å². The molecule has 2 aromatic rings. The zero-order valence-corrected chi connectivity index (χ0v) is 20.5. The topological polar surface area (TPSA) is 110 Å². The van der Waals surface area contributed by atoms with Crippen LogP contribution in [0.15, 0.2) is 52.3 Å². The molecule has 0 saturated carbocycles. The molecule has 180 valence electrons. The van der Waals surface area contributed by atoms with Crippen LogP contribution in [0.2, 0.25) is 0 Å². The Kier molecular flexibility index (Phi) is 7.91. The van der Waals surface area contributed by atoms with Crippen LogP contribution in [0.25, 0.3) is 0 Å². The lowest BCUT2D eigenvalue weighted by Crippen LogP contribution is -2.50. The summed E-state index contributed by atoms with van der Waals surface area (Å²) in [5, 5.41) is 0. The molecular formula is C22H28N2O7S2. The minimum absolute atomic E-state index is 0.0349. The first-order chi connectivity index (χ1) is 15.6. The maximum absolute atomic E-state index is 13.1. The Balaban J connectivity index is 1.69. The third-order valence-electron chi connectivity index (χ3n) is 5.43. The quantitative estimate of drug-likeness (QED) is 0.385. The minimum Gasteiger partial charge on any atom is -0.491 e. The van der Waals surface area contributed by atoms with Gasteiger partial charge in [0.15, 0.2) is 5.78 Å². The van der Waals surface area contributed by atoms with E-state index in [1.807, 2.05) is 0 Å². The number of hydrogen-bond acceptors (Lipinski definition) is 7. The minimum atomic E-state index is -3.79. The third-order valence-corrected chi connectivity index (χ3v) is 9.23. The van der Waals surface area contributed by atoms with Crippen molar-refractivity contribution in [1.29, 1.82) is 0 Å². The van der Waals surface area contributed by atoms with Crippen molar-refractivity contribution in [2.24, 2.45) is 0 Å². The average Bonchev–Trinajstić information content (AvgIpc) is 2.80.